The lowest BCUT2D eigenvalue weighted by Gasteiger charge is -2.29. The molecule has 1 aromatic heterocycles. The number of hydrogen-bond acceptors (Lipinski definition) is 2. The van der Waals surface area contributed by atoms with E-state index in [1.165, 1.54) is 19.3 Å². The normalized spacial score (nSPS) is 22.9. The fourth-order valence-corrected chi connectivity index (χ4v) is 3.00. The maximum atomic E-state index is 12.5. The maximum Gasteiger partial charge on any atom is 0.251 e. The molecule has 2 unspecified atom stereocenters. The highest BCUT2D eigenvalue weighted by atomic mass is 35.5. The molecule has 1 aliphatic carbocycles. The highest BCUT2D eigenvalue weighted by Gasteiger charge is 2.24. The standard InChI is InChI=1S/C17H25ClN2O/c1-11-7-5-6-8-13(11)19-16(21)12-9-14(17(2,3)4)20-15(18)10-12/h9-11,13H,5-8H2,1-4H3,(H,19,21). The molecule has 1 amide bonds. The van der Waals surface area contributed by atoms with Gasteiger partial charge in [0.1, 0.15) is 5.15 Å². The summed E-state index contributed by atoms with van der Waals surface area (Å²) in [7, 11) is 0. The Morgan fingerprint density at radius 1 is 1.29 bits per heavy atom. The number of rotatable bonds is 2. The maximum absolute atomic E-state index is 12.5. The molecule has 0 spiro atoms. The number of nitrogens with zero attached hydrogens (tertiary/aromatic N) is 1. The number of aromatic nitrogens is 1. The van der Waals surface area contributed by atoms with Gasteiger partial charge in [-0.3, -0.25) is 4.79 Å². The van der Waals surface area contributed by atoms with Gasteiger partial charge in [0.15, 0.2) is 0 Å². The molecule has 1 aliphatic rings. The second-order valence-corrected chi connectivity index (χ2v) is 7.54. The Morgan fingerprint density at radius 2 is 1.95 bits per heavy atom. The van der Waals surface area contributed by atoms with Gasteiger partial charge in [0, 0.05) is 22.7 Å². The lowest BCUT2D eigenvalue weighted by atomic mass is 9.85. The van der Waals surface area contributed by atoms with Gasteiger partial charge in [-0.05, 0) is 30.9 Å². The zero-order valence-electron chi connectivity index (χ0n) is 13.4. The molecule has 0 aliphatic heterocycles. The Kier molecular flexibility index (Phi) is 4.92. The summed E-state index contributed by atoms with van der Waals surface area (Å²) >= 11 is 6.08. The first-order valence-corrected chi connectivity index (χ1v) is 8.14. The number of carbonyl (C=O) groups is 1. The third-order valence-corrected chi connectivity index (χ3v) is 4.45. The Balaban J connectivity index is 2.17. The molecule has 0 bridgehead atoms. The molecule has 2 atom stereocenters. The van der Waals surface area contributed by atoms with Gasteiger partial charge in [-0.2, -0.15) is 0 Å². The van der Waals surface area contributed by atoms with Crippen LogP contribution in [-0.2, 0) is 5.41 Å². The van der Waals surface area contributed by atoms with Crippen LogP contribution in [0.1, 0.15) is 69.4 Å². The van der Waals surface area contributed by atoms with Gasteiger partial charge in [0.05, 0.1) is 0 Å². The topological polar surface area (TPSA) is 42.0 Å². The van der Waals surface area contributed by atoms with E-state index in [1.54, 1.807) is 6.07 Å². The monoisotopic (exact) mass is 308 g/mol. The van der Waals surface area contributed by atoms with Gasteiger partial charge in [-0.15, -0.1) is 0 Å². The molecular formula is C17H25ClN2O. The number of amides is 1. The molecule has 1 saturated carbocycles. The van der Waals surface area contributed by atoms with Gasteiger partial charge < -0.3 is 5.32 Å². The molecule has 1 aromatic rings. The van der Waals surface area contributed by atoms with E-state index in [1.807, 2.05) is 6.07 Å². The summed E-state index contributed by atoms with van der Waals surface area (Å²) in [5.41, 5.74) is 1.33. The molecule has 4 heteroatoms. The number of nitrogens with one attached hydrogen (secondary N) is 1. The van der Waals surface area contributed by atoms with Crippen LogP contribution in [-0.4, -0.2) is 16.9 Å². The van der Waals surface area contributed by atoms with Gasteiger partial charge >= 0.3 is 0 Å². The lowest BCUT2D eigenvalue weighted by molar-refractivity contribution is 0.0910. The van der Waals surface area contributed by atoms with E-state index in [-0.39, 0.29) is 17.4 Å². The zero-order valence-corrected chi connectivity index (χ0v) is 14.1. The predicted octanol–water partition coefficient (Wildman–Crippen LogP) is 4.34. The first-order valence-electron chi connectivity index (χ1n) is 7.76. The molecule has 0 radical (unpaired) electrons. The zero-order chi connectivity index (χ0) is 15.6. The fraction of sp³-hybridized carbons (Fsp3) is 0.647. The summed E-state index contributed by atoms with van der Waals surface area (Å²) in [6.07, 6.45) is 4.72. The van der Waals surface area contributed by atoms with Crippen molar-refractivity contribution in [2.45, 2.75) is 64.8 Å². The van der Waals surface area contributed by atoms with Gasteiger partial charge in [0.25, 0.3) is 5.91 Å². The second-order valence-electron chi connectivity index (χ2n) is 7.16. The first kappa shape index (κ1) is 16.3. The van der Waals surface area contributed by atoms with Crippen LogP contribution >= 0.6 is 11.6 Å². The van der Waals surface area contributed by atoms with Crippen LogP contribution in [0.4, 0.5) is 0 Å². The molecule has 2 rings (SSSR count). The van der Waals surface area contributed by atoms with Gasteiger partial charge in [-0.1, -0.05) is 52.1 Å². The van der Waals surface area contributed by atoms with E-state index in [0.29, 0.717) is 16.6 Å². The van der Waals surface area contributed by atoms with Crippen molar-refractivity contribution in [3.05, 3.63) is 28.5 Å². The van der Waals surface area contributed by atoms with Crippen molar-refractivity contribution in [2.24, 2.45) is 5.92 Å². The number of hydrogen-bond donors (Lipinski definition) is 1. The van der Waals surface area contributed by atoms with Crippen molar-refractivity contribution < 1.29 is 4.79 Å². The summed E-state index contributed by atoms with van der Waals surface area (Å²) in [6, 6.07) is 3.78. The molecule has 3 nitrogen and oxygen atoms in total. The highest BCUT2D eigenvalue weighted by molar-refractivity contribution is 6.29. The molecule has 1 N–H and O–H groups in total. The summed E-state index contributed by atoms with van der Waals surface area (Å²) < 4.78 is 0. The molecule has 1 fully saturated rings. The van der Waals surface area contributed by atoms with Crippen LogP contribution in [0, 0.1) is 5.92 Å². The minimum atomic E-state index is -0.127. The Morgan fingerprint density at radius 3 is 2.57 bits per heavy atom. The van der Waals surface area contributed by atoms with Crippen molar-refractivity contribution >= 4 is 17.5 Å². The largest absolute Gasteiger partial charge is 0.349 e. The second kappa shape index (κ2) is 6.35. The molecule has 1 heterocycles. The van der Waals surface area contributed by atoms with Crippen LogP contribution in [0.2, 0.25) is 5.15 Å². The van der Waals surface area contributed by atoms with Crippen LogP contribution < -0.4 is 5.32 Å². The summed E-state index contributed by atoms with van der Waals surface area (Å²) in [6.45, 7) is 8.41. The third kappa shape index (κ3) is 4.19. The SMILES string of the molecule is CC1CCCCC1NC(=O)c1cc(Cl)nc(C(C)(C)C)c1. The summed E-state index contributed by atoms with van der Waals surface area (Å²) in [4.78, 5) is 16.8. The van der Waals surface area contributed by atoms with Crippen molar-refractivity contribution in [1.82, 2.24) is 10.3 Å². The third-order valence-electron chi connectivity index (χ3n) is 4.25. The summed E-state index contributed by atoms with van der Waals surface area (Å²) in [5, 5.41) is 3.54. The Labute approximate surface area is 132 Å². The van der Waals surface area contributed by atoms with Crippen molar-refractivity contribution in [3.8, 4) is 0 Å². The molecule has 0 saturated heterocycles. The molecule has 21 heavy (non-hydrogen) atoms. The summed E-state index contributed by atoms with van der Waals surface area (Å²) in [5.74, 6) is 0.505. The van der Waals surface area contributed by atoms with Crippen molar-refractivity contribution in [2.75, 3.05) is 0 Å². The van der Waals surface area contributed by atoms with E-state index >= 15 is 0 Å². The first-order chi connectivity index (χ1) is 9.77. The average Bonchev–Trinajstić information content (AvgIpc) is 2.39. The Bertz CT molecular complexity index is 522. The quantitative estimate of drug-likeness (QED) is 0.826. The van der Waals surface area contributed by atoms with Crippen LogP contribution in [0.3, 0.4) is 0 Å². The van der Waals surface area contributed by atoms with Crippen LogP contribution in [0.5, 0.6) is 0 Å². The predicted molar refractivity (Wildman–Crippen MR) is 86.8 cm³/mol. The van der Waals surface area contributed by atoms with E-state index in [9.17, 15) is 4.79 Å². The molecular weight excluding hydrogens is 284 g/mol. The lowest BCUT2D eigenvalue weighted by Crippen LogP contribution is -2.41. The van der Waals surface area contributed by atoms with Crippen LogP contribution in [0.25, 0.3) is 0 Å². The highest BCUT2D eigenvalue weighted by Crippen LogP contribution is 2.26. The number of pyridine rings is 1. The van der Waals surface area contributed by atoms with Gasteiger partial charge in [0.2, 0.25) is 0 Å². The van der Waals surface area contributed by atoms with Crippen molar-refractivity contribution in [1.29, 1.82) is 0 Å². The minimum Gasteiger partial charge on any atom is -0.349 e. The smallest absolute Gasteiger partial charge is 0.251 e. The van der Waals surface area contributed by atoms with Crippen molar-refractivity contribution in [3.63, 3.8) is 0 Å². The number of halogens is 1. The van der Waals surface area contributed by atoms with E-state index in [4.69, 9.17) is 11.6 Å². The molecule has 116 valence electrons. The average molecular weight is 309 g/mol. The van der Waals surface area contributed by atoms with Crippen LogP contribution in [0.15, 0.2) is 12.1 Å². The van der Waals surface area contributed by atoms with E-state index in [0.717, 1.165) is 12.1 Å². The van der Waals surface area contributed by atoms with Gasteiger partial charge in [-0.25, -0.2) is 4.98 Å². The minimum absolute atomic E-state index is 0.0384. The number of carbonyl (C=O) groups excluding carboxylic acids is 1. The molecule has 0 aromatic carbocycles. The Hall–Kier alpha value is -1.09. The van der Waals surface area contributed by atoms with E-state index < -0.39 is 0 Å². The fourth-order valence-electron chi connectivity index (χ4n) is 2.79. The van der Waals surface area contributed by atoms with E-state index in [2.05, 4.69) is 38.0 Å².